The molecule has 0 spiro atoms. The Bertz CT molecular complexity index is 371. The second-order valence-corrected chi connectivity index (χ2v) is 6.17. The van der Waals surface area contributed by atoms with Crippen molar-refractivity contribution in [1.29, 1.82) is 0 Å². The number of carbonyl (C=O) groups is 2. The molecule has 3 unspecified atom stereocenters. The normalized spacial score (nSPS) is 34.5. The van der Waals surface area contributed by atoms with E-state index in [2.05, 4.69) is 6.92 Å². The van der Waals surface area contributed by atoms with Crippen LogP contribution in [-0.2, 0) is 4.79 Å². The molecule has 5 heteroatoms. The van der Waals surface area contributed by atoms with E-state index in [1.807, 2.05) is 7.05 Å². The van der Waals surface area contributed by atoms with Gasteiger partial charge in [-0.3, -0.25) is 4.79 Å². The Kier molecular flexibility index (Phi) is 3.25. The molecule has 2 rings (SSSR count). The van der Waals surface area contributed by atoms with Crippen molar-refractivity contribution in [2.75, 3.05) is 26.7 Å². The summed E-state index contributed by atoms with van der Waals surface area (Å²) in [5, 5.41) is 9.15. The van der Waals surface area contributed by atoms with Gasteiger partial charge in [-0.25, -0.2) is 4.79 Å². The van der Waals surface area contributed by atoms with Gasteiger partial charge >= 0.3 is 12.0 Å². The molecule has 0 aromatic carbocycles. The summed E-state index contributed by atoms with van der Waals surface area (Å²) in [7, 11) is 1.81. The molecule has 2 amide bonds. The number of hydrogen-bond donors (Lipinski definition) is 1. The highest BCUT2D eigenvalue weighted by Crippen LogP contribution is 2.38. The van der Waals surface area contributed by atoms with E-state index in [1.165, 1.54) is 6.42 Å². The van der Waals surface area contributed by atoms with Gasteiger partial charge in [-0.05, 0) is 31.6 Å². The van der Waals surface area contributed by atoms with Gasteiger partial charge in [-0.1, -0.05) is 6.92 Å². The Morgan fingerprint density at radius 2 is 2.11 bits per heavy atom. The van der Waals surface area contributed by atoms with Crippen LogP contribution in [0.5, 0.6) is 0 Å². The largest absolute Gasteiger partial charge is 0.481 e. The molecule has 5 nitrogen and oxygen atoms in total. The van der Waals surface area contributed by atoms with Crippen molar-refractivity contribution in [2.45, 2.75) is 26.7 Å². The number of aliphatic carboxylic acids is 1. The number of nitrogens with zero attached hydrogens (tertiary/aromatic N) is 2. The van der Waals surface area contributed by atoms with Crippen LogP contribution in [0, 0.1) is 17.3 Å². The molecule has 1 aliphatic carbocycles. The van der Waals surface area contributed by atoms with E-state index in [1.54, 1.807) is 16.7 Å². The maximum atomic E-state index is 12.2. The number of amides is 2. The maximum Gasteiger partial charge on any atom is 0.319 e. The molecule has 0 bridgehead atoms. The lowest BCUT2D eigenvalue weighted by atomic mass is 9.90. The van der Waals surface area contributed by atoms with E-state index in [0.717, 1.165) is 12.5 Å². The zero-order chi connectivity index (χ0) is 13.5. The van der Waals surface area contributed by atoms with Crippen LogP contribution in [0.2, 0.25) is 0 Å². The first-order valence-corrected chi connectivity index (χ1v) is 6.57. The van der Waals surface area contributed by atoms with Crippen LogP contribution in [0.4, 0.5) is 4.79 Å². The Labute approximate surface area is 108 Å². The van der Waals surface area contributed by atoms with E-state index >= 15 is 0 Å². The molecule has 102 valence electrons. The minimum absolute atomic E-state index is 0.0286. The number of hydrogen-bond acceptors (Lipinski definition) is 2. The Balaban J connectivity index is 1.88. The fourth-order valence-corrected chi connectivity index (χ4v) is 2.62. The van der Waals surface area contributed by atoms with Crippen molar-refractivity contribution in [3.8, 4) is 0 Å². The summed E-state index contributed by atoms with van der Waals surface area (Å²) in [6.07, 6.45) is 1.74. The molecule has 3 atom stereocenters. The van der Waals surface area contributed by atoms with Crippen LogP contribution >= 0.6 is 0 Å². The van der Waals surface area contributed by atoms with Crippen LogP contribution in [-0.4, -0.2) is 53.6 Å². The van der Waals surface area contributed by atoms with Gasteiger partial charge in [-0.2, -0.15) is 0 Å². The van der Waals surface area contributed by atoms with Crippen molar-refractivity contribution in [1.82, 2.24) is 9.80 Å². The maximum absolute atomic E-state index is 12.2. The number of likely N-dealkylation sites (tertiary alicyclic amines) is 1. The van der Waals surface area contributed by atoms with Crippen LogP contribution in [0.25, 0.3) is 0 Å². The van der Waals surface area contributed by atoms with Crippen molar-refractivity contribution in [2.24, 2.45) is 17.3 Å². The summed E-state index contributed by atoms with van der Waals surface area (Å²) in [5.41, 5.74) is -0.774. The number of rotatable bonds is 3. The van der Waals surface area contributed by atoms with Crippen molar-refractivity contribution in [3.63, 3.8) is 0 Å². The van der Waals surface area contributed by atoms with Crippen LogP contribution in [0.1, 0.15) is 26.7 Å². The van der Waals surface area contributed by atoms with Gasteiger partial charge < -0.3 is 14.9 Å². The second-order valence-electron chi connectivity index (χ2n) is 6.17. The quantitative estimate of drug-likeness (QED) is 0.830. The molecular formula is C13H22N2O3. The second kappa shape index (κ2) is 4.44. The average molecular weight is 254 g/mol. The summed E-state index contributed by atoms with van der Waals surface area (Å²) < 4.78 is 0. The summed E-state index contributed by atoms with van der Waals surface area (Å²) in [6, 6.07) is -0.0286. The number of carboxylic acids is 1. The molecule has 0 radical (unpaired) electrons. The van der Waals surface area contributed by atoms with Gasteiger partial charge in [0.2, 0.25) is 0 Å². The van der Waals surface area contributed by atoms with Crippen molar-refractivity contribution in [3.05, 3.63) is 0 Å². The molecule has 1 heterocycles. The third kappa shape index (κ3) is 2.44. The van der Waals surface area contributed by atoms with Crippen molar-refractivity contribution < 1.29 is 14.7 Å². The van der Waals surface area contributed by atoms with E-state index < -0.39 is 11.4 Å². The number of carboxylic acid groups (broad SMARTS) is 1. The molecule has 1 aliphatic heterocycles. The Hall–Kier alpha value is -1.26. The fraction of sp³-hybridized carbons (Fsp3) is 0.846. The lowest BCUT2D eigenvalue weighted by molar-refractivity contribution is -0.147. The Morgan fingerprint density at radius 1 is 1.50 bits per heavy atom. The molecule has 2 aliphatic rings. The number of urea groups is 1. The highest BCUT2D eigenvalue weighted by Gasteiger charge is 2.43. The van der Waals surface area contributed by atoms with Gasteiger partial charge in [0.25, 0.3) is 0 Å². The highest BCUT2D eigenvalue weighted by molar-refractivity contribution is 5.79. The number of carbonyl (C=O) groups excluding carboxylic acids is 1. The zero-order valence-corrected chi connectivity index (χ0v) is 11.3. The van der Waals surface area contributed by atoms with Gasteiger partial charge in [0, 0.05) is 26.7 Å². The van der Waals surface area contributed by atoms with E-state index in [0.29, 0.717) is 25.4 Å². The van der Waals surface area contributed by atoms with Gasteiger partial charge in [0.1, 0.15) is 0 Å². The molecule has 2 fully saturated rings. The van der Waals surface area contributed by atoms with E-state index in [4.69, 9.17) is 5.11 Å². The molecular weight excluding hydrogens is 232 g/mol. The zero-order valence-electron chi connectivity index (χ0n) is 11.3. The molecule has 1 saturated carbocycles. The standard InChI is InChI=1S/C13H22N2O3/c1-9-6-10(9)7-14(3)12(18)15-5-4-13(2,8-15)11(16)17/h9-10H,4-8H2,1-3H3,(H,16,17). The minimum Gasteiger partial charge on any atom is -0.481 e. The fourth-order valence-electron chi connectivity index (χ4n) is 2.62. The predicted octanol–water partition coefficient (Wildman–Crippen LogP) is 1.49. The third-order valence-electron chi connectivity index (χ3n) is 4.37. The SMILES string of the molecule is CC1CC1CN(C)C(=O)N1CCC(C)(C(=O)O)C1. The van der Waals surface area contributed by atoms with Crippen molar-refractivity contribution >= 4 is 12.0 Å². The first kappa shape index (κ1) is 13.2. The average Bonchev–Trinajstić information content (AvgIpc) is 2.83. The summed E-state index contributed by atoms with van der Waals surface area (Å²) in [5.74, 6) is 0.548. The first-order valence-electron chi connectivity index (χ1n) is 6.57. The molecule has 0 aromatic rings. The lowest BCUT2D eigenvalue weighted by Gasteiger charge is -2.26. The topological polar surface area (TPSA) is 60.9 Å². The summed E-state index contributed by atoms with van der Waals surface area (Å²) in [6.45, 7) is 5.57. The summed E-state index contributed by atoms with van der Waals surface area (Å²) in [4.78, 5) is 26.7. The molecule has 1 N–H and O–H groups in total. The Morgan fingerprint density at radius 3 is 2.56 bits per heavy atom. The molecule has 18 heavy (non-hydrogen) atoms. The molecule has 0 aromatic heterocycles. The van der Waals surface area contributed by atoms with Gasteiger partial charge in [-0.15, -0.1) is 0 Å². The summed E-state index contributed by atoms with van der Waals surface area (Å²) >= 11 is 0. The third-order valence-corrected chi connectivity index (χ3v) is 4.37. The van der Waals surface area contributed by atoms with E-state index in [9.17, 15) is 9.59 Å². The lowest BCUT2D eigenvalue weighted by Crippen LogP contribution is -2.42. The smallest absolute Gasteiger partial charge is 0.319 e. The van der Waals surface area contributed by atoms with E-state index in [-0.39, 0.29) is 6.03 Å². The highest BCUT2D eigenvalue weighted by atomic mass is 16.4. The van der Waals surface area contributed by atoms with Crippen LogP contribution in [0.3, 0.4) is 0 Å². The minimum atomic E-state index is -0.809. The van der Waals surface area contributed by atoms with Gasteiger partial charge in [0.05, 0.1) is 5.41 Å². The van der Waals surface area contributed by atoms with Crippen LogP contribution in [0.15, 0.2) is 0 Å². The predicted molar refractivity (Wildman–Crippen MR) is 67.2 cm³/mol. The first-order chi connectivity index (χ1) is 8.33. The monoisotopic (exact) mass is 254 g/mol. The molecule has 1 saturated heterocycles. The van der Waals surface area contributed by atoms with Gasteiger partial charge in [0.15, 0.2) is 0 Å². The van der Waals surface area contributed by atoms with Crippen LogP contribution < -0.4 is 0 Å².